The van der Waals surface area contributed by atoms with Crippen molar-refractivity contribution in [3.63, 3.8) is 0 Å². The molecule has 7 nitrogen and oxygen atoms in total. The summed E-state index contributed by atoms with van der Waals surface area (Å²) in [7, 11) is 1.83. The average molecular weight is 355 g/mol. The SMILES string of the molecule is Cn1ccc(C(NC(=O)[C@@H]2C[C@H]3[C@@H](CO2)[C@H]3C(=O)O)c2ccccc2)n1. The molecule has 2 aromatic rings. The number of hydrogen-bond donors (Lipinski definition) is 2. The van der Waals surface area contributed by atoms with E-state index in [2.05, 4.69) is 10.4 Å². The third kappa shape index (κ3) is 3.10. The van der Waals surface area contributed by atoms with Gasteiger partial charge in [0.2, 0.25) is 5.91 Å². The van der Waals surface area contributed by atoms with Crippen molar-refractivity contribution in [1.82, 2.24) is 15.1 Å². The minimum Gasteiger partial charge on any atom is -0.481 e. The number of nitrogens with one attached hydrogen (secondary N) is 1. The van der Waals surface area contributed by atoms with E-state index in [1.807, 2.05) is 49.6 Å². The van der Waals surface area contributed by atoms with E-state index in [1.165, 1.54) is 0 Å². The van der Waals surface area contributed by atoms with Gasteiger partial charge in [0.05, 0.1) is 24.3 Å². The minimum atomic E-state index is -0.791. The van der Waals surface area contributed by atoms with E-state index in [0.717, 1.165) is 11.3 Å². The molecule has 0 radical (unpaired) electrons. The smallest absolute Gasteiger partial charge is 0.307 e. The summed E-state index contributed by atoms with van der Waals surface area (Å²) in [4.78, 5) is 24.0. The highest BCUT2D eigenvalue weighted by Crippen LogP contribution is 2.52. The summed E-state index contributed by atoms with van der Waals surface area (Å²) in [5.74, 6) is -1.29. The second-order valence-electron chi connectivity index (χ2n) is 7.02. The highest BCUT2D eigenvalue weighted by Gasteiger charge is 2.58. The lowest BCUT2D eigenvalue weighted by molar-refractivity contribution is -0.139. The maximum atomic E-state index is 12.8. The van der Waals surface area contributed by atoms with Gasteiger partial charge in [0, 0.05) is 13.2 Å². The number of amides is 1. The lowest BCUT2D eigenvalue weighted by Crippen LogP contribution is -2.41. The van der Waals surface area contributed by atoms with E-state index >= 15 is 0 Å². The molecule has 1 unspecified atom stereocenters. The molecule has 2 fully saturated rings. The summed E-state index contributed by atoms with van der Waals surface area (Å²) >= 11 is 0. The number of aromatic nitrogens is 2. The van der Waals surface area contributed by atoms with Gasteiger partial charge in [-0.3, -0.25) is 14.3 Å². The van der Waals surface area contributed by atoms with Crippen LogP contribution in [0.5, 0.6) is 0 Å². The number of fused-ring (bicyclic) bond motifs is 1. The van der Waals surface area contributed by atoms with Crippen molar-refractivity contribution >= 4 is 11.9 Å². The number of carboxylic acid groups (broad SMARTS) is 1. The van der Waals surface area contributed by atoms with E-state index in [9.17, 15) is 14.7 Å². The van der Waals surface area contributed by atoms with Crippen molar-refractivity contribution in [2.75, 3.05) is 6.61 Å². The lowest BCUT2D eigenvalue weighted by atomic mass is 10.0. The Kier molecular flexibility index (Phi) is 4.24. The van der Waals surface area contributed by atoms with Crippen molar-refractivity contribution in [3.8, 4) is 0 Å². The third-order valence-corrected chi connectivity index (χ3v) is 5.33. The lowest BCUT2D eigenvalue weighted by Gasteiger charge is -2.24. The molecule has 26 heavy (non-hydrogen) atoms. The number of carbonyl (C=O) groups is 2. The van der Waals surface area contributed by atoms with Crippen LogP contribution in [0.15, 0.2) is 42.6 Å². The van der Waals surface area contributed by atoms with Crippen LogP contribution in [0, 0.1) is 17.8 Å². The Morgan fingerprint density at radius 3 is 2.69 bits per heavy atom. The molecule has 1 amide bonds. The first-order valence-corrected chi connectivity index (χ1v) is 8.74. The molecule has 0 bridgehead atoms. The van der Waals surface area contributed by atoms with Crippen LogP contribution in [0.3, 0.4) is 0 Å². The fourth-order valence-electron chi connectivity index (χ4n) is 3.88. The second-order valence-corrected chi connectivity index (χ2v) is 7.02. The van der Waals surface area contributed by atoms with Gasteiger partial charge in [0.1, 0.15) is 6.10 Å². The van der Waals surface area contributed by atoms with Crippen molar-refractivity contribution in [2.24, 2.45) is 24.8 Å². The van der Waals surface area contributed by atoms with E-state index < -0.39 is 12.1 Å². The highest BCUT2D eigenvalue weighted by molar-refractivity contribution is 5.82. The monoisotopic (exact) mass is 355 g/mol. The molecule has 1 aromatic carbocycles. The van der Waals surface area contributed by atoms with Gasteiger partial charge in [0.15, 0.2) is 0 Å². The molecule has 5 atom stereocenters. The number of carboxylic acids is 1. The molecule has 1 aliphatic heterocycles. The zero-order valence-corrected chi connectivity index (χ0v) is 14.4. The molecule has 0 spiro atoms. The van der Waals surface area contributed by atoms with Gasteiger partial charge in [0.25, 0.3) is 0 Å². The number of benzene rings is 1. The van der Waals surface area contributed by atoms with Gasteiger partial charge in [-0.15, -0.1) is 0 Å². The molecule has 136 valence electrons. The third-order valence-electron chi connectivity index (χ3n) is 5.33. The summed E-state index contributed by atoms with van der Waals surface area (Å²) < 4.78 is 7.35. The Morgan fingerprint density at radius 2 is 2.04 bits per heavy atom. The van der Waals surface area contributed by atoms with E-state index in [4.69, 9.17) is 4.74 Å². The number of rotatable bonds is 5. The quantitative estimate of drug-likeness (QED) is 0.845. The van der Waals surface area contributed by atoms with E-state index in [1.54, 1.807) is 4.68 Å². The fourth-order valence-corrected chi connectivity index (χ4v) is 3.88. The standard InChI is InChI=1S/C19H21N3O4/c1-22-8-7-14(21-22)17(11-5-3-2-4-6-11)20-18(23)15-9-12-13(10-26-15)16(12)19(24)25/h2-8,12-13,15-17H,9-10H2,1H3,(H,20,23)(H,24,25)/t12-,13+,15-,16-,17?/m0/s1. The maximum Gasteiger partial charge on any atom is 0.307 e. The Balaban J connectivity index is 1.49. The Morgan fingerprint density at radius 1 is 1.27 bits per heavy atom. The molecule has 1 aromatic heterocycles. The molecule has 1 saturated carbocycles. The summed E-state index contributed by atoms with van der Waals surface area (Å²) in [6, 6.07) is 11.1. The largest absolute Gasteiger partial charge is 0.481 e. The fraction of sp³-hybridized carbons (Fsp3) is 0.421. The van der Waals surface area contributed by atoms with Crippen LogP contribution in [0.1, 0.15) is 23.7 Å². The van der Waals surface area contributed by atoms with Crippen LogP contribution < -0.4 is 5.32 Å². The van der Waals surface area contributed by atoms with Gasteiger partial charge in [-0.1, -0.05) is 30.3 Å². The normalized spacial score (nSPS) is 28.0. The number of ether oxygens (including phenoxy) is 1. The van der Waals surface area contributed by atoms with Crippen LogP contribution in [0.4, 0.5) is 0 Å². The topological polar surface area (TPSA) is 93.5 Å². The number of nitrogens with zero attached hydrogens (tertiary/aromatic N) is 2. The number of hydrogen-bond acceptors (Lipinski definition) is 4. The molecule has 2 N–H and O–H groups in total. The zero-order chi connectivity index (χ0) is 18.3. The Bertz CT molecular complexity index is 819. The first-order chi connectivity index (χ1) is 12.5. The molecule has 2 aliphatic rings. The average Bonchev–Trinajstić information content (AvgIpc) is 3.23. The van der Waals surface area contributed by atoms with Gasteiger partial charge in [-0.05, 0) is 29.9 Å². The molecule has 4 rings (SSSR count). The van der Waals surface area contributed by atoms with Gasteiger partial charge >= 0.3 is 5.97 Å². The van der Waals surface area contributed by atoms with Gasteiger partial charge in [-0.2, -0.15) is 5.10 Å². The zero-order valence-electron chi connectivity index (χ0n) is 14.4. The molecule has 1 aliphatic carbocycles. The first-order valence-electron chi connectivity index (χ1n) is 8.74. The van der Waals surface area contributed by atoms with Crippen LogP contribution in [-0.2, 0) is 21.4 Å². The van der Waals surface area contributed by atoms with Gasteiger partial charge in [-0.25, -0.2) is 0 Å². The summed E-state index contributed by atoms with van der Waals surface area (Å²) in [5.41, 5.74) is 1.68. The van der Waals surface area contributed by atoms with E-state index in [-0.39, 0.29) is 29.7 Å². The maximum absolute atomic E-state index is 12.8. The summed E-state index contributed by atoms with van der Waals surface area (Å²) in [5, 5.41) is 16.6. The van der Waals surface area contributed by atoms with E-state index in [0.29, 0.717) is 13.0 Å². The van der Waals surface area contributed by atoms with Crippen LogP contribution in [-0.4, -0.2) is 39.5 Å². The second kappa shape index (κ2) is 6.57. The molecule has 7 heteroatoms. The van der Waals surface area contributed by atoms with Crippen LogP contribution in [0.2, 0.25) is 0 Å². The van der Waals surface area contributed by atoms with Crippen LogP contribution in [0.25, 0.3) is 0 Å². The van der Waals surface area contributed by atoms with Crippen molar-refractivity contribution in [2.45, 2.75) is 18.6 Å². The van der Waals surface area contributed by atoms with Gasteiger partial charge < -0.3 is 15.2 Å². The predicted octanol–water partition coefficient (Wildman–Crippen LogP) is 1.36. The highest BCUT2D eigenvalue weighted by atomic mass is 16.5. The summed E-state index contributed by atoms with van der Waals surface area (Å²) in [6.45, 7) is 0.333. The molecule has 2 heterocycles. The summed E-state index contributed by atoms with van der Waals surface area (Å²) in [6.07, 6.45) is 1.67. The van der Waals surface area contributed by atoms with Crippen molar-refractivity contribution in [1.29, 1.82) is 0 Å². The number of carbonyl (C=O) groups excluding carboxylic acids is 1. The predicted molar refractivity (Wildman–Crippen MR) is 92.1 cm³/mol. The molecular formula is C19H21N3O4. The first kappa shape index (κ1) is 16.8. The number of aryl methyl sites for hydroxylation is 1. The minimum absolute atomic E-state index is 0.0435. The molecule has 1 saturated heterocycles. The Hall–Kier alpha value is -2.67. The molecular weight excluding hydrogens is 334 g/mol. The number of aliphatic carboxylic acids is 1. The van der Waals surface area contributed by atoms with Crippen molar-refractivity contribution in [3.05, 3.63) is 53.9 Å². The van der Waals surface area contributed by atoms with Crippen LogP contribution >= 0.6 is 0 Å². The Labute approximate surface area is 151 Å². The van der Waals surface area contributed by atoms with Crippen molar-refractivity contribution < 1.29 is 19.4 Å².